The molecule has 2 heterocycles. The molecular formula is C31H25NO9. The third kappa shape index (κ3) is 6.34. The van der Waals surface area contributed by atoms with Crippen LogP contribution in [0.5, 0.6) is 5.75 Å². The number of aromatic nitrogens is 1. The molecule has 4 atom stereocenters. The number of carbonyl (C=O) groups excluding carboxylic acids is 3. The summed E-state index contributed by atoms with van der Waals surface area (Å²) < 4.78 is 24.3. The second-order valence-corrected chi connectivity index (χ2v) is 9.13. The summed E-state index contributed by atoms with van der Waals surface area (Å²) in [5.74, 6) is -2.41. The second-order valence-electron chi connectivity index (χ2n) is 9.13. The average Bonchev–Trinajstić information content (AvgIpc) is 3.33. The van der Waals surface area contributed by atoms with Crippen molar-refractivity contribution in [3.8, 4) is 5.75 Å². The summed E-state index contributed by atoms with van der Waals surface area (Å²) in [4.78, 5) is 51.8. The standard InChI is InChI=1S/C31H25NO9/c33-23-16-17-32(25(34)18-23)28-27(41-31(37)22-14-8-3-9-15-22)26(40-30(36)21-12-6-2-7-13-21)24(39-28)19-38-29(35)20-10-4-1-5-11-20/h1-18,24,26-28,33H,19H2/t24-,26+,27+,28-/m1/s1. The SMILES string of the molecule is O=C(OC[C@H]1O[C@@H](n2ccc(O)cc2=O)[C@@H](OC(=O)c2ccccc2)[C@H]1OC(=O)c1ccccc1)c1ccccc1. The number of esters is 3. The van der Waals surface area contributed by atoms with Gasteiger partial charge in [0.25, 0.3) is 5.56 Å². The molecule has 5 rings (SSSR count). The van der Waals surface area contributed by atoms with Crippen LogP contribution in [-0.4, -0.2) is 52.5 Å². The Hall–Kier alpha value is -5.22. The Bertz CT molecular complexity index is 1570. The molecule has 10 nitrogen and oxygen atoms in total. The summed E-state index contributed by atoms with van der Waals surface area (Å²) >= 11 is 0. The summed E-state index contributed by atoms with van der Waals surface area (Å²) in [7, 11) is 0. The summed E-state index contributed by atoms with van der Waals surface area (Å²) in [6, 6.07) is 26.8. The van der Waals surface area contributed by atoms with E-state index in [0.717, 1.165) is 10.6 Å². The van der Waals surface area contributed by atoms with E-state index in [0.29, 0.717) is 5.56 Å². The van der Waals surface area contributed by atoms with E-state index < -0.39 is 48.0 Å². The Kier molecular flexibility index (Phi) is 8.21. The van der Waals surface area contributed by atoms with E-state index in [9.17, 15) is 24.3 Å². The van der Waals surface area contributed by atoms with Crippen molar-refractivity contribution in [2.24, 2.45) is 0 Å². The lowest BCUT2D eigenvalue weighted by Gasteiger charge is -2.25. The van der Waals surface area contributed by atoms with Gasteiger partial charge < -0.3 is 24.1 Å². The van der Waals surface area contributed by atoms with Gasteiger partial charge in [0.2, 0.25) is 0 Å². The maximum Gasteiger partial charge on any atom is 0.338 e. The predicted molar refractivity (Wildman–Crippen MR) is 144 cm³/mol. The van der Waals surface area contributed by atoms with Crippen LogP contribution in [0.25, 0.3) is 0 Å². The zero-order valence-electron chi connectivity index (χ0n) is 21.6. The highest BCUT2D eigenvalue weighted by atomic mass is 16.7. The lowest BCUT2D eigenvalue weighted by molar-refractivity contribution is -0.0635. The molecular weight excluding hydrogens is 530 g/mol. The molecule has 1 N–H and O–H groups in total. The molecule has 0 bridgehead atoms. The van der Waals surface area contributed by atoms with E-state index in [1.54, 1.807) is 91.0 Å². The lowest BCUT2D eigenvalue weighted by atomic mass is 10.1. The highest BCUT2D eigenvalue weighted by Gasteiger charge is 2.51. The first-order chi connectivity index (χ1) is 19.9. The monoisotopic (exact) mass is 555 g/mol. The number of ether oxygens (including phenoxy) is 4. The normalized spacial score (nSPS) is 19.7. The van der Waals surface area contributed by atoms with Crippen LogP contribution in [-0.2, 0) is 18.9 Å². The highest BCUT2D eigenvalue weighted by Crippen LogP contribution is 2.35. The number of hydrogen-bond acceptors (Lipinski definition) is 9. The number of benzene rings is 3. The smallest absolute Gasteiger partial charge is 0.338 e. The zero-order chi connectivity index (χ0) is 28.8. The quantitative estimate of drug-likeness (QED) is 0.255. The summed E-state index contributed by atoms with van der Waals surface area (Å²) in [6.07, 6.45) is -3.78. The van der Waals surface area contributed by atoms with Crippen molar-refractivity contribution in [2.45, 2.75) is 24.5 Å². The second kappa shape index (κ2) is 12.3. The van der Waals surface area contributed by atoms with Crippen LogP contribution in [0.3, 0.4) is 0 Å². The zero-order valence-corrected chi connectivity index (χ0v) is 21.6. The maximum absolute atomic E-state index is 13.1. The molecule has 4 aromatic rings. The van der Waals surface area contributed by atoms with Gasteiger partial charge in [-0.1, -0.05) is 54.6 Å². The van der Waals surface area contributed by atoms with Crippen molar-refractivity contribution in [3.05, 3.63) is 136 Å². The molecule has 0 amide bonds. The van der Waals surface area contributed by atoms with E-state index in [2.05, 4.69) is 0 Å². The first kappa shape index (κ1) is 27.4. The highest BCUT2D eigenvalue weighted by molar-refractivity contribution is 5.91. The molecule has 3 aromatic carbocycles. The third-order valence-electron chi connectivity index (χ3n) is 6.38. The largest absolute Gasteiger partial charge is 0.508 e. The molecule has 1 aromatic heterocycles. The lowest BCUT2D eigenvalue weighted by Crippen LogP contribution is -2.42. The van der Waals surface area contributed by atoms with Gasteiger partial charge >= 0.3 is 17.9 Å². The molecule has 0 radical (unpaired) electrons. The molecule has 1 aliphatic rings. The van der Waals surface area contributed by atoms with Gasteiger partial charge in [-0.2, -0.15) is 0 Å². The van der Waals surface area contributed by atoms with E-state index >= 15 is 0 Å². The van der Waals surface area contributed by atoms with Crippen molar-refractivity contribution >= 4 is 17.9 Å². The fourth-order valence-electron chi connectivity index (χ4n) is 4.37. The number of hydrogen-bond donors (Lipinski definition) is 1. The third-order valence-corrected chi connectivity index (χ3v) is 6.38. The van der Waals surface area contributed by atoms with Crippen LogP contribution in [0.15, 0.2) is 114 Å². The Balaban J connectivity index is 1.49. The van der Waals surface area contributed by atoms with Gasteiger partial charge in [-0.3, -0.25) is 9.36 Å². The van der Waals surface area contributed by atoms with E-state index in [1.165, 1.54) is 12.3 Å². The Morgan fingerprint density at radius 1 is 0.707 bits per heavy atom. The number of carbonyl (C=O) groups is 3. The molecule has 0 aliphatic carbocycles. The number of nitrogens with zero attached hydrogens (tertiary/aromatic N) is 1. The fourth-order valence-corrected chi connectivity index (χ4v) is 4.37. The van der Waals surface area contributed by atoms with Gasteiger partial charge in [-0.25, -0.2) is 14.4 Å². The van der Waals surface area contributed by atoms with Crippen molar-refractivity contribution in [1.82, 2.24) is 4.57 Å². The summed E-state index contributed by atoms with van der Waals surface area (Å²) in [5, 5.41) is 9.78. The maximum atomic E-state index is 13.1. The van der Waals surface area contributed by atoms with Crippen molar-refractivity contribution in [2.75, 3.05) is 6.61 Å². The minimum Gasteiger partial charge on any atom is -0.508 e. The van der Waals surface area contributed by atoms with Crippen molar-refractivity contribution in [1.29, 1.82) is 0 Å². The van der Waals surface area contributed by atoms with Gasteiger partial charge in [-0.05, 0) is 42.5 Å². The Morgan fingerprint density at radius 3 is 1.71 bits per heavy atom. The first-order valence-electron chi connectivity index (χ1n) is 12.7. The van der Waals surface area contributed by atoms with Gasteiger partial charge in [0.1, 0.15) is 18.5 Å². The van der Waals surface area contributed by atoms with Crippen molar-refractivity contribution in [3.63, 3.8) is 0 Å². The van der Waals surface area contributed by atoms with Gasteiger partial charge in [-0.15, -0.1) is 0 Å². The summed E-state index contributed by atoms with van der Waals surface area (Å²) in [5.41, 5.74) is 0.0785. The molecule has 1 saturated heterocycles. The molecule has 10 heteroatoms. The number of rotatable bonds is 8. The Labute approximate surface area is 234 Å². The van der Waals surface area contributed by atoms with E-state index in [-0.39, 0.29) is 23.5 Å². The van der Waals surface area contributed by atoms with Crippen LogP contribution in [0.1, 0.15) is 37.3 Å². The topological polar surface area (TPSA) is 130 Å². The van der Waals surface area contributed by atoms with E-state index in [1.807, 2.05) is 0 Å². The fraction of sp³-hybridized carbons (Fsp3) is 0.161. The van der Waals surface area contributed by atoms with Crippen LogP contribution < -0.4 is 5.56 Å². The number of pyridine rings is 1. The minimum absolute atomic E-state index is 0.219. The van der Waals surface area contributed by atoms with Crippen LogP contribution in [0, 0.1) is 0 Å². The average molecular weight is 556 g/mol. The van der Waals surface area contributed by atoms with Gasteiger partial charge in [0, 0.05) is 12.3 Å². The molecule has 0 saturated carbocycles. The van der Waals surface area contributed by atoms with Crippen LogP contribution >= 0.6 is 0 Å². The van der Waals surface area contributed by atoms with Crippen molar-refractivity contribution < 1.29 is 38.4 Å². The van der Waals surface area contributed by atoms with Gasteiger partial charge in [0.05, 0.1) is 16.7 Å². The predicted octanol–water partition coefficient (Wildman–Crippen LogP) is 3.76. The minimum atomic E-state index is -1.34. The molecule has 208 valence electrons. The molecule has 1 aliphatic heterocycles. The first-order valence-corrected chi connectivity index (χ1v) is 12.7. The molecule has 0 spiro atoms. The van der Waals surface area contributed by atoms with E-state index in [4.69, 9.17) is 18.9 Å². The molecule has 41 heavy (non-hydrogen) atoms. The van der Waals surface area contributed by atoms with Crippen LogP contribution in [0.4, 0.5) is 0 Å². The Morgan fingerprint density at radius 2 is 1.20 bits per heavy atom. The summed E-state index contributed by atoms with van der Waals surface area (Å²) in [6.45, 7) is -0.386. The molecule has 0 unspecified atom stereocenters. The number of aromatic hydroxyl groups is 1. The van der Waals surface area contributed by atoms with Crippen LogP contribution in [0.2, 0.25) is 0 Å². The molecule has 1 fully saturated rings. The van der Waals surface area contributed by atoms with Gasteiger partial charge in [0.15, 0.2) is 18.4 Å².